The summed E-state index contributed by atoms with van der Waals surface area (Å²) in [5.74, 6) is 0. The maximum absolute atomic E-state index is 9.79. The number of aliphatic hydroxyl groups is 3. The molecule has 0 aliphatic rings. The summed E-state index contributed by atoms with van der Waals surface area (Å²) in [4.78, 5) is 9.79. The molecule has 0 spiro atoms. The Morgan fingerprint density at radius 3 is 2.20 bits per heavy atom. The molecule has 0 amide bonds. The van der Waals surface area contributed by atoms with Crippen molar-refractivity contribution < 1.29 is 20.1 Å². The van der Waals surface area contributed by atoms with Gasteiger partial charge in [0.25, 0.3) is 0 Å². The highest BCUT2D eigenvalue weighted by Gasteiger charge is 2.19. The summed E-state index contributed by atoms with van der Waals surface area (Å²) in [5, 5.41) is 26.4. The van der Waals surface area contributed by atoms with E-state index in [1.54, 1.807) is 0 Å². The van der Waals surface area contributed by atoms with Crippen molar-refractivity contribution >= 4 is 6.29 Å². The van der Waals surface area contributed by atoms with Crippen molar-refractivity contribution in [1.29, 1.82) is 0 Å². The molecular weight excluding hydrogens is 136 g/mol. The summed E-state index contributed by atoms with van der Waals surface area (Å²) >= 11 is 0. The maximum atomic E-state index is 9.79. The van der Waals surface area contributed by atoms with Gasteiger partial charge in [0.1, 0.15) is 12.4 Å². The molecule has 0 radical (unpaired) electrons. The molecule has 0 fully saturated rings. The van der Waals surface area contributed by atoms with Crippen LogP contribution in [0.25, 0.3) is 0 Å². The van der Waals surface area contributed by atoms with Gasteiger partial charge in [0.15, 0.2) is 0 Å². The number of carbonyl (C=O) groups excluding carboxylic acids is 1. The fourth-order valence-corrected chi connectivity index (χ4v) is 0.560. The second-order valence-corrected chi connectivity index (χ2v) is 2.20. The monoisotopic (exact) mass is 148 g/mol. The highest BCUT2D eigenvalue weighted by atomic mass is 16.4. The molecule has 0 saturated carbocycles. The lowest BCUT2D eigenvalue weighted by atomic mass is 10.1. The largest absolute Gasteiger partial charge is 0.391 e. The van der Waals surface area contributed by atoms with E-state index in [1.165, 1.54) is 6.92 Å². The number of hydrogen-bond acceptors (Lipinski definition) is 4. The molecule has 0 bridgehead atoms. The molecule has 60 valence electrons. The molecule has 4 nitrogen and oxygen atoms in total. The molecule has 0 unspecified atom stereocenters. The fraction of sp³-hybridized carbons (Fsp3) is 0.833. The van der Waals surface area contributed by atoms with Crippen LogP contribution in [0.5, 0.6) is 0 Å². The lowest BCUT2D eigenvalue weighted by molar-refractivity contribution is -0.113. The molecule has 0 aromatic carbocycles. The van der Waals surface area contributed by atoms with Gasteiger partial charge in [-0.15, -0.1) is 0 Å². The van der Waals surface area contributed by atoms with Crippen LogP contribution in [-0.4, -0.2) is 39.9 Å². The first-order valence-corrected chi connectivity index (χ1v) is 3.07. The molecule has 0 aliphatic carbocycles. The Balaban J connectivity index is 3.68. The Bertz CT molecular complexity index is 102. The van der Waals surface area contributed by atoms with Gasteiger partial charge in [0.05, 0.1) is 12.2 Å². The average Bonchev–Trinajstić information content (AvgIpc) is 1.87. The van der Waals surface area contributed by atoms with Crippen LogP contribution >= 0.6 is 0 Å². The molecule has 0 saturated heterocycles. The van der Waals surface area contributed by atoms with E-state index in [4.69, 9.17) is 15.3 Å². The minimum atomic E-state index is -1.23. The van der Waals surface area contributed by atoms with Gasteiger partial charge in [-0.2, -0.15) is 0 Å². The minimum absolute atomic E-state index is 0.147. The van der Waals surface area contributed by atoms with Crippen molar-refractivity contribution in [3.05, 3.63) is 0 Å². The number of rotatable bonds is 4. The molecular formula is C6H12O4. The third-order valence-electron chi connectivity index (χ3n) is 1.23. The lowest BCUT2D eigenvalue weighted by Gasteiger charge is -2.17. The Morgan fingerprint density at radius 2 is 1.90 bits per heavy atom. The van der Waals surface area contributed by atoms with E-state index in [0.717, 1.165) is 0 Å². The van der Waals surface area contributed by atoms with E-state index < -0.39 is 18.3 Å². The van der Waals surface area contributed by atoms with E-state index in [0.29, 0.717) is 6.29 Å². The summed E-state index contributed by atoms with van der Waals surface area (Å²) in [6.07, 6.45) is -3.04. The molecule has 3 N–H and O–H groups in total. The van der Waals surface area contributed by atoms with Crippen LogP contribution in [0.2, 0.25) is 0 Å². The second-order valence-electron chi connectivity index (χ2n) is 2.20. The minimum Gasteiger partial charge on any atom is -0.391 e. The van der Waals surface area contributed by atoms with Gasteiger partial charge >= 0.3 is 0 Å². The van der Waals surface area contributed by atoms with Crippen LogP contribution in [0.15, 0.2) is 0 Å². The number of aldehydes is 1. The first-order chi connectivity index (χ1) is 4.59. The van der Waals surface area contributed by atoms with Crippen LogP contribution in [0.3, 0.4) is 0 Å². The van der Waals surface area contributed by atoms with Crippen molar-refractivity contribution in [1.82, 2.24) is 0 Å². The Hall–Kier alpha value is -0.450. The van der Waals surface area contributed by atoms with E-state index in [1.807, 2.05) is 0 Å². The molecule has 0 aromatic heterocycles. The molecule has 0 rings (SSSR count). The molecule has 3 atom stereocenters. The van der Waals surface area contributed by atoms with E-state index in [2.05, 4.69) is 0 Å². The van der Waals surface area contributed by atoms with Crippen LogP contribution in [0, 0.1) is 0 Å². The predicted octanol–water partition coefficient (Wildman–Crippen LogP) is -1.32. The normalized spacial score (nSPS) is 19.6. The molecule has 10 heavy (non-hydrogen) atoms. The third kappa shape index (κ3) is 2.91. The topological polar surface area (TPSA) is 77.8 Å². The van der Waals surface area contributed by atoms with E-state index >= 15 is 0 Å². The van der Waals surface area contributed by atoms with Gasteiger partial charge in [-0.25, -0.2) is 0 Å². The quantitative estimate of drug-likeness (QED) is 0.432. The lowest BCUT2D eigenvalue weighted by Crippen LogP contribution is -2.35. The highest BCUT2D eigenvalue weighted by Crippen LogP contribution is 2.01. The summed E-state index contributed by atoms with van der Waals surface area (Å²) in [6.45, 7) is 1.35. The van der Waals surface area contributed by atoms with Crippen LogP contribution in [0.1, 0.15) is 13.3 Å². The Labute approximate surface area is 59.1 Å². The number of aliphatic hydroxyl groups excluding tert-OH is 3. The second kappa shape index (κ2) is 4.38. The Morgan fingerprint density at radius 1 is 1.40 bits per heavy atom. The van der Waals surface area contributed by atoms with Gasteiger partial charge in [0.2, 0.25) is 0 Å². The van der Waals surface area contributed by atoms with Crippen LogP contribution in [0.4, 0.5) is 0 Å². The van der Waals surface area contributed by atoms with Gasteiger partial charge in [-0.1, -0.05) is 0 Å². The zero-order chi connectivity index (χ0) is 8.15. The first kappa shape index (κ1) is 9.55. The number of carbonyl (C=O) groups is 1. The summed E-state index contributed by atoms with van der Waals surface area (Å²) < 4.78 is 0. The van der Waals surface area contributed by atoms with Gasteiger partial charge in [0, 0.05) is 6.42 Å². The standard InChI is InChI=1S/C6H12O4/c1-4(8)6(10)5(9)2-3-7/h3-6,8-10H,2H2,1H3/t4-,5-,6+/m1/s1. The zero-order valence-electron chi connectivity index (χ0n) is 5.77. The van der Waals surface area contributed by atoms with Crippen molar-refractivity contribution in [2.75, 3.05) is 0 Å². The fourth-order valence-electron chi connectivity index (χ4n) is 0.560. The molecule has 4 heteroatoms. The van der Waals surface area contributed by atoms with Crippen molar-refractivity contribution in [2.24, 2.45) is 0 Å². The Kier molecular flexibility index (Phi) is 4.18. The van der Waals surface area contributed by atoms with Crippen molar-refractivity contribution in [3.63, 3.8) is 0 Å². The summed E-state index contributed by atoms with van der Waals surface area (Å²) in [5.41, 5.74) is 0. The predicted molar refractivity (Wildman–Crippen MR) is 34.4 cm³/mol. The smallest absolute Gasteiger partial charge is 0.122 e. The van der Waals surface area contributed by atoms with Crippen LogP contribution in [-0.2, 0) is 4.79 Å². The van der Waals surface area contributed by atoms with Crippen LogP contribution < -0.4 is 0 Å². The van der Waals surface area contributed by atoms with Gasteiger partial charge in [-0.3, -0.25) is 0 Å². The van der Waals surface area contributed by atoms with Crippen molar-refractivity contribution in [2.45, 2.75) is 31.7 Å². The maximum Gasteiger partial charge on any atom is 0.122 e. The molecule has 0 aliphatic heterocycles. The van der Waals surface area contributed by atoms with Gasteiger partial charge in [-0.05, 0) is 6.92 Å². The zero-order valence-corrected chi connectivity index (χ0v) is 5.77. The third-order valence-corrected chi connectivity index (χ3v) is 1.23. The van der Waals surface area contributed by atoms with Crippen molar-refractivity contribution in [3.8, 4) is 0 Å². The van der Waals surface area contributed by atoms with E-state index in [9.17, 15) is 4.79 Å². The summed E-state index contributed by atoms with van der Waals surface area (Å²) in [7, 11) is 0. The first-order valence-electron chi connectivity index (χ1n) is 3.07. The number of hydrogen-bond donors (Lipinski definition) is 3. The molecule has 0 heterocycles. The average molecular weight is 148 g/mol. The summed E-state index contributed by atoms with van der Waals surface area (Å²) in [6, 6.07) is 0. The highest BCUT2D eigenvalue weighted by molar-refractivity contribution is 5.50. The van der Waals surface area contributed by atoms with E-state index in [-0.39, 0.29) is 6.42 Å². The SMILES string of the molecule is C[C@@H](O)[C@H](O)[C@H](O)CC=O. The molecule has 0 aromatic rings. The van der Waals surface area contributed by atoms with Gasteiger partial charge < -0.3 is 20.1 Å².